The summed E-state index contributed by atoms with van der Waals surface area (Å²) in [7, 11) is 1.38. The van der Waals surface area contributed by atoms with Crippen molar-refractivity contribution in [3.05, 3.63) is 22.7 Å². The zero-order valence-corrected chi connectivity index (χ0v) is 11.1. The Balaban J connectivity index is 2.88. The maximum Gasteiger partial charge on any atom is 0.387 e. The number of benzene rings is 1. The Morgan fingerprint density at radius 3 is 2.67 bits per heavy atom. The van der Waals surface area contributed by atoms with Crippen LogP contribution in [0.4, 0.5) is 8.78 Å². The molecule has 0 saturated heterocycles. The molecular weight excluding hydrogens is 264 g/mol. The molecule has 0 fully saturated rings. The second-order valence-electron chi connectivity index (χ2n) is 3.66. The molecule has 3 nitrogen and oxygen atoms in total. The fraction of sp³-hybridized carbons (Fsp3) is 0.500. The first-order valence-corrected chi connectivity index (χ1v) is 5.98. The molecule has 0 aliphatic carbocycles. The molecule has 0 unspecified atom stereocenters. The fourth-order valence-electron chi connectivity index (χ4n) is 1.49. The van der Waals surface area contributed by atoms with Crippen LogP contribution in [0.25, 0.3) is 0 Å². The number of hydrogen-bond acceptors (Lipinski definition) is 3. The first kappa shape index (κ1) is 15.0. The third-order valence-electron chi connectivity index (χ3n) is 2.25. The third-order valence-corrected chi connectivity index (χ3v) is 2.53. The maximum atomic E-state index is 12.2. The Morgan fingerprint density at radius 1 is 1.39 bits per heavy atom. The summed E-state index contributed by atoms with van der Waals surface area (Å²) in [6.07, 6.45) is 1.01. The quantitative estimate of drug-likeness (QED) is 0.776. The van der Waals surface area contributed by atoms with Gasteiger partial charge in [-0.2, -0.15) is 8.78 Å². The second-order valence-corrected chi connectivity index (χ2v) is 4.07. The highest BCUT2D eigenvalue weighted by Gasteiger charge is 2.15. The number of methoxy groups -OCH3 is 1. The molecule has 0 atom stereocenters. The van der Waals surface area contributed by atoms with E-state index in [2.05, 4.69) is 17.0 Å². The zero-order valence-electron chi connectivity index (χ0n) is 10.3. The molecule has 1 aromatic carbocycles. The molecule has 0 amide bonds. The Bertz CT molecular complexity index is 389. The molecule has 0 saturated carbocycles. The molecule has 1 rings (SSSR count). The molecule has 0 radical (unpaired) electrons. The highest BCUT2D eigenvalue weighted by Crippen LogP contribution is 2.37. The van der Waals surface area contributed by atoms with E-state index in [4.69, 9.17) is 16.3 Å². The molecule has 18 heavy (non-hydrogen) atoms. The lowest BCUT2D eigenvalue weighted by molar-refractivity contribution is -0.0511. The van der Waals surface area contributed by atoms with Crippen molar-refractivity contribution in [1.82, 2.24) is 5.32 Å². The lowest BCUT2D eigenvalue weighted by Gasteiger charge is -2.13. The summed E-state index contributed by atoms with van der Waals surface area (Å²) in [5.41, 5.74) is 0.854. The van der Waals surface area contributed by atoms with Crippen molar-refractivity contribution in [2.24, 2.45) is 0 Å². The molecule has 0 aliphatic rings. The van der Waals surface area contributed by atoms with Gasteiger partial charge in [0.25, 0.3) is 0 Å². The number of ether oxygens (including phenoxy) is 2. The van der Waals surface area contributed by atoms with Crippen LogP contribution in [-0.2, 0) is 6.54 Å². The van der Waals surface area contributed by atoms with Crippen LogP contribution in [0, 0.1) is 0 Å². The van der Waals surface area contributed by atoms with Gasteiger partial charge in [0.05, 0.1) is 12.1 Å². The Labute approximate surface area is 110 Å². The minimum Gasteiger partial charge on any atom is -0.493 e. The van der Waals surface area contributed by atoms with Gasteiger partial charge in [-0.3, -0.25) is 0 Å². The smallest absolute Gasteiger partial charge is 0.387 e. The number of rotatable bonds is 7. The molecule has 0 heterocycles. The topological polar surface area (TPSA) is 30.5 Å². The van der Waals surface area contributed by atoms with Crippen LogP contribution < -0.4 is 14.8 Å². The van der Waals surface area contributed by atoms with Crippen LogP contribution in [0.5, 0.6) is 11.5 Å². The lowest BCUT2D eigenvalue weighted by atomic mass is 10.2. The SMILES string of the molecule is CCCNCc1cc(Cl)c(OC(F)F)c(OC)c1. The molecular formula is C12H16ClF2NO2. The van der Waals surface area contributed by atoms with Gasteiger partial charge in [0, 0.05) is 6.54 Å². The van der Waals surface area contributed by atoms with Crippen molar-refractivity contribution in [3.63, 3.8) is 0 Å². The van der Waals surface area contributed by atoms with Crippen molar-refractivity contribution in [1.29, 1.82) is 0 Å². The van der Waals surface area contributed by atoms with Gasteiger partial charge in [-0.25, -0.2) is 0 Å². The van der Waals surface area contributed by atoms with E-state index in [1.165, 1.54) is 7.11 Å². The molecule has 0 bridgehead atoms. The number of nitrogens with one attached hydrogen (secondary N) is 1. The zero-order chi connectivity index (χ0) is 13.5. The average Bonchev–Trinajstić information content (AvgIpc) is 2.32. The summed E-state index contributed by atoms with van der Waals surface area (Å²) in [5, 5.41) is 3.30. The summed E-state index contributed by atoms with van der Waals surface area (Å²) in [4.78, 5) is 0. The van der Waals surface area contributed by atoms with Gasteiger partial charge in [-0.1, -0.05) is 18.5 Å². The number of alkyl halides is 2. The summed E-state index contributed by atoms with van der Waals surface area (Å²) < 4.78 is 33.8. The summed E-state index contributed by atoms with van der Waals surface area (Å²) in [6.45, 7) is 0.592. The van der Waals surface area contributed by atoms with Gasteiger partial charge < -0.3 is 14.8 Å². The predicted molar refractivity (Wildman–Crippen MR) is 66.6 cm³/mol. The van der Waals surface area contributed by atoms with E-state index < -0.39 is 6.61 Å². The van der Waals surface area contributed by atoms with Crippen molar-refractivity contribution in [2.45, 2.75) is 26.5 Å². The summed E-state index contributed by atoms with van der Waals surface area (Å²) in [5.74, 6) is 0.0736. The molecule has 0 aliphatic heterocycles. The van der Waals surface area contributed by atoms with Crippen LogP contribution in [0.1, 0.15) is 18.9 Å². The van der Waals surface area contributed by atoms with Crippen molar-refractivity contribution in [2.75, 3.05) is 13.7 Å². The van der Waals surface area contributed by atoms with Crippen molar-refractivity contribution >= 4 is 11.6 Å². The maximum absolute atomic E-state index is 12.2. The van der Waals surface area contributed by atoms with Crippen LogP contribution >= 0.6 is 11.6 Å². The predicted octanol–water partition coefficient (Wildman–Crippen LogP) is 3.45. The minimum atomic E-state index is -2.93. The Kier molecular flexibility index (Phi) is 6.15. The largest absolute Gasteiger partial charge is 0.493 e. The molecule has 1 aromatic rings. The minimum absolute atomic E-state index is 0.114. The van der Waals surface area contributed by atoms with Crippen LogP contribution in [0.2, 0.25) is 5.02 Å². The highest BCUT2D eigenvalue weighted by atomic mass is 35.5. The fourth-order valence-corrected chi connectivity index (χ4v) is 1.77. The number of halogens is 3. The standard InChI is InChI=1S/C12H16ClF2NO2/c1-3-4-16-7-8-5-9(13)11(18-12(14)15)10(6-8)17-2/h5-6,12,16H,3-4,7H2,1-2H3. The van der Waals surface area contributed by atoms with E-state index in [0.717, 1.165) is 18.5 Å². The van der Waals surface area contributed by atoms with Crippen molar-refractivity contribution in [3.8, 4) is 11.5 Å². The van der Waals surface area contributed by atoms with Gasteiger partial charge in [0.15, 0.2) is 11.5 Å². The summed E-state index contributed by atoms with van der Waals surface area (Å²) in [6, 6.07) is 3.22. The van der Waals surface area contributed by atoms with Gasteiger partial charge in [0.2, 0.25) is 0 Å². The van der Waals surface area contributed by atoms with Gasteiger partial charge in [0.1, 0.15) is 0 Å². The first-order chi connectivity index (χ1) is 8.58. The van der Waals surface area contributed by atoms with E-state index >= 15 is 0 Å². The third kappa shape index (κ3) is 4.31. The van der Waals surface area contributed by atoms with E-state index in [1.807, 2.05) is 0 Å². The average molecular weight is 280 g/mol. The molecule has 1 N–H and O–H groups in total. The molecule has 0 aromatic heterocycles. The number of hydrogen-bond donors (Lipinski definition) is 1. The van der Waals surface area contributed by atoms with E-state index in [1.54, 1.807) is 12.1 Å². The second kappa shape index (κ2) is 7.38. The van der Waals surface area contributed by atoms with Gasteiger partial charge >= 0.3 is 6.61 Å². The highest BCUT2D eigenvalue weighted by molar-refractivity contribution is 6.32. The Hall–Kier alpha value is -1.07. The van der Waals surface area contributed by atoms with Crippen LogP contribution in [-0.4, -0.2) is 20.3 Å². The van der Waals surface area contributed by atoms with E-state index in [0.29, 0.717) is 6.54 Å². The van der Waals surface area contributed by atoms with Gasteiger partial charge in [-0.05, 0) is 30.7 Å². The molecule has 0 spiro atoms. The summed E-state index contributed by atoms with van der Waals surface area (Å²) >= 11 is 5.90. The normalized spacial score (nSPS) is 10.8. The molecule has 102 valence electrons. The molecule has 6 heteroatoms. The van der Waals surface area contributed by atoms with Gasteiger partial charge in [-0.15, -0.1) is 0 Å². The Morgan fingerprint density at radius 2 is 2.11 bits per heavy atom. The first-order valence-electron chi connectivity index (χ1n) is 5.60. The van der Waals surface area contributed by atoms with Crippen LogP contribution in [0.3, 0.4) is 0 Å². The van der Waals surface area contributed by atoms with Crippen molar-refractivity contribution < 1.29 is 18.3 Å². The van der Waals surface area contributed by atoms with Crippen LogP contribution in [0.15, 0.2) is 12.1 Å². The van der Waals surface area contributed by atoms with E-state index in [-0.39, 0.29) is 16.5 Å². The monoisotopic (exact) mass is 279 g/mol. The van der Waals surface area contributed by atoms with E-state index in [9.17, 15) is 8.78 Å². The lowest BCUT2D eigenvalue weighted by Crippen LogP contribution is -2.14.